The van der Waals surface area contributed by atoms with E-state index in [1.165, 1.54) is 30.1 Å². The summed E-state index contributed by atoms with van der Waals surface area (Å²) >= 11 is 2.12. The molecule has 1 saturated heterocycles. The highest BCUT2D eigenvalue weighted by Gasteiger charge is 2.30. The van der Waals surface area contributed by atoms with Gasteiger partial charge >= 0.3 is 0 Å². The highest BCUT2D eigenvalue weighted by atomic mass is 32.2. The zero-order chi connectivity index (χ0) is 12.5. The fraction of sp³-hybridized carbons (Fsp3) is 0.600. The van der Waals surface area contributed by atoms with Crippen LogP contribution in [0.2, 0.25) is 0 Å². The highest BCUT2D eigenvalue weighted by molar-refractivity contribution is 8.00. The molecule has 2 aliphatic heterocycles. The number of benzene rings is 1. The fourth-order valence-electron chi connectivity index (χ4n) is 3.06. The summed E-state index contributed by atoms with van der Waals surface area (Å²) in [6.07, 6.45) is 0. The summed E-state index contributed by atoms with van der Waals surface area (Å²) < 4.78 is 0. The molecule has 18 heavy (non-hydrogen) atoms. The SMILES string of the molecule is CC1SCCN(CC2CNc3ccccc32)C1C. The van der Waals surface area contributed by atoms with Crippen LogP contribution in [0.3, 0.4) is 0 Å². The second-order valence-electron chi connectivity index (χ2n) is 5.48. The Morgan fingerprint density at radius 3 is 3.06 bits per heavy atom. The average molecular weight is 262 g/mol. The number of nitrogens with one attached hydrogen (secondary N) is 1. The van der Waals surface area contributed by atoms with Gasteiger partial charge in [-0.3, -0.25) is 4.90 Å². The topological polar surface area (TPSA) is 15.3 Å². The van der Waals surface area contributed by atoms with Gasteiger partial charge in [-0.1, -0.05) is 25.1 Å². The van der Waals surface area contributed by atoms with E-state index in [0.29, 0.717) is 12.0 Å². The molecule has 0 radical (unpaired) electrons. The molecule has 0 amide bonds. The first-order valence-electron chi connectivity index (χ1n) is 6.94. The summed E-state index contributed by atoms with van der Waals surface area (Å²) in [7, 11) is 0. The zero-order valence-electron chi connectivity index (χ0n) is 11.2. The maximum atomic E-state index is 3.53. The third-order valence-corrected chi connectivity index (χ3v) is 5.75. The average Bonchev–Trinajstić information content (AvgIpc) is 2.79. The molecule has 0 spiro atoms. The molecule has 1 aromatic rings. The summed E-state index contributed by atoms with van der Waals surface area (Å²) in [5.41, 5.74) is 2.85. The number of hydrogen-bond donors (Lipinski definition) is 1. The molecule has 0 aliphatic carbocycles. The molecule has 0 bridgehead atoms. The Kier molecular flexibility index (Phi) is 3.53. The molecule has 3 atom stereocenters. The summed E-state index contributed by atoms with van der Waals surface area (Å²) in [5, 5.41) is 4.30. The Labute approximate surface area is 114 Å². The number of nitrogens with zero attached hydrogens (tertiary/aromatic N) is 1. The minimum atomic E-state index is 0.666. The molecule has 1 N–H and O–H groups in total. The van der Waals surface area contributed by atoms with Crippen LogP contribution in [0.15, 0.2) is 24.3 Å². The Morgan fingerprint density at radius 2 is 2.17 bits per heavy atom. The number of thioether (sulfide) groups is 1. The van der Waals surface area contributed by atoms with Crippen molar-refractivity contribution in [2.45, 2.75) is 31.1 Å². The first-order valence-corrected chi connectivity index (χ1v) is 7.99. The van der Waals surface area contributed by atoms with E-state index in [0.717, 1.165) is 11.8 Å². The maximum absolute atomic E-state index is 3.53. The van der Waals surface area contributed by atoms with E-state index >= 15 is 0 Å². The van der Waals surface area contributed by atoms with Crippen molar-refractivity contribution in [3.63, 3.8) is 0 Å². The third kappa shape index (κ3) is 2.26. The van der Waals surface area contributed by atoms with Crippen LogP contribution in [-0.2, 0) is 0 Å². The van der Waals surface area contributed by atoms with Crippen LogP contribution in [0.5, 0.6) is 0 Å². The van der Waals surface area contributed by atoms with Gasteiger partial charge in [-0.15, -0.1) is 0 Å². The molecule has 3 unspecified atom stereocenters. The van der Waals surface area contributed by atoms with Crippen molar-refractivity contribution in [2.75, 3.05) is 30.7 Å². The van der Waals surface area contributed by atoms with Crippen molar-refractivity contribution in [3.8, 4) is 0 Å². The summed E-state index contributed by atoms with van der Waals surface area (Å²) in [4.78, 5) is 2.68. The van der Waals surface area contributed by atoms with Crippen LogP contribution in [0.25, 0.3) is 0 Å². The van der Waals surface area contributed by atoms with Gasteiger partial charge in [0, 0.05) is 48.3 Å². The van der Waals surface area contributed by atoms with E-state index in [2.05, 4.69) is 60.1 Å². The van der Waals surface area contributed by atoms with Crippen molar-refractivity contribution in [3.05, 3.63) is 29.8 Å². The van der Waals surface area contributed by atoms with E-state index in [1.54, 1.807) is 0 Å². The third-order valence-electron chi connectivity index (χ3n) is 4.41. The van der Waals surface area contributed by atoms with Crippen LogP contribution in [0, 0.1) is 0 Å². The maximum Gasteiger partial charge on any atom is 0.0376 e. The van der Waals surface area contributed by atoms with Gasteiger partial charge in [-0.25, -0.2) is 0 Å². The molecule has 0 aromatic heterocycles. The smallest absolute Gasteiger partial charge is 0.0376 e. The lowest BCUT2D eigenvalue weighted by Gasteiger charge is -2.38. The van der Waals surface area contributed by atoms with Crippen LogP contribution in [0.4, 0.5) is 5.69 Å². The summed E-state index contributed by atoms with van der Waals surface area (Å²) in [6, 6.07) is 9.48. The Morgan fingerprint density at radius 1 is 1.33 bits per heavy atom. The molecule has 1 fully saturated rings. The molecule has 98 valence electrons. The molecule has 2 aliphatic rings. The fourth-order valence-corrected chi connectivity index (χ4v) is 4.22. The van der Waals surface area contributed by atoms with Crippen molar-refractivity contribution in [2.24, 2.45) is 0 Å². The van der Waals surface area contributed by atoms with Crippen LogP contribution >= 0.6 is 11.8 Å². The van der Waals surface area contributed by atoms with Gasteiger partial charge in [0.25, 0.3) is 0 Å². The highest BCUT2D eigenvalue weighted by Crippen LogP contribution is 2.33. The number of para-hydroxylation sites is 1. The molecule has 2 nitrogen and oxygen atoms in total. The number of anilines is 1. The number of fused-ring (bicyclic) bond motifs is 1. The lowest BCUT2D eigenvalue weighted by atomic mass is 10.00. The molecule has 1 aromatic carbocycles. The molecule has 2 heterocycles. The van der Waals surface area contributed by atoms with Gasteiger partial charge in [0.15, 0.2) is 0 Å². The molecular weight excluding hydrogens is 240 g/mol. The first kappa shape index (κ1) is 12.4. The summed E-state index contributed by atoms with van der Waals surface area (Å²) in [5.74, 6) is 1.95. The number of hydrogen-bond acceptors (Lipinski definition) is 3. The van der Waals surface area contributed by atoms with E-state index in [1.807, 2.05) is 0 Å². The van der Waals surface area contributed by atoms with Crippen molar-refractivity contribution >= 4 is 17.4 Å². The molecular formula is C15H22N2S. The molecule has 3 rings (SSSR count). The first-order chi connectivity index (χ1) is 8.75. The summed E-state index contributed by atoms with van der Waals surface area (Å²) in [6.45, 7) is 8.29. The van der Waals surface area contributed by atoms with Crippen molar-refractivity contribution < 1.29 is 0 Å². The largest absolute Gasteiger partial charge is 0.384 e. The number of rotatable bonds is 2. The van der Waals surface area contributed by atoms with Gasteiger partial charge in [0.05, 0.1) is 0 Å². The van der Waals surface area contributed by atoms with E-state index in [9.17, 15) is 0 Å². The lowest BCUT2D eigenvalue weighted by molar-refractivity contribution is 0.203. The minimum Gasteiger partial charge on any atom is -0.384 e. The predicted octanol–water partition coefficient (Wildman–Crippen LogP) is 3.02. The second kappa shape index (κ2) is 5.14. The van der Waals surface area contributed by atoms with Crippen LogP contribution < -0.4 is 5.32 Å². The van der Waals surface area contributed by atoms with E-state index in [-0.39, 0.29) is 0 Å². The standard InChI is InChI=1S/C15H22N2S/c1-11-12(2)18-8-7-17(11)10-13-9-16-15-6-4-3-5-14(13)15/h3-6,11-13,16H,7-10H2,1-2H3. The quantitative estimate of drug-likeness (QED) is 0.882. The lowest BCUT2D eigenvalue weighted by Crippen LogP contribution is -2.46. The van der Waals surface area contributed by atoms with Crippen molar-refractivity contribution in [1.82, 2.24) is 4.90 Å². The second-order valence-corrected chi connectivity index (χ2v) is 6.96. The Balaban J connectivity index is 1.71. The van der Waals surface area contributed by atoms with E-state index in [4.69, 9.17) is 0 Å². The van der Waals surface area contributed by atoms with E-state index < -0.39 is 0 Å². The zero-order valence-corrected chi connectivity index (χ0v) is 12.0. The van der Waals surface area contributed by atoms with Gasteiger partial charge in [0.1, 0.15) is 0 Å². The van der Waals surface area contributed by atoms with Crippen LogP contribution in [0.1, 0.15) is 25.3 Å². The van der Waals surface area contributed by atoms with Crippen LogP contribution in [-0.4, -0.2) is 41.6 Å². The Hall–Kier alpha value is -0.670. The molecule has 0 saturated carbocycles. The van der Waals surface area contributed by atoms with Gasteiger partial charge in [-0.05, 0) is 18.6 Å². The monoisotopic (exact) mass is 262 g/mol. The minimum absolute atomic E-state index is 0.666. The normalized spacial score (nSPS) is 32.0. The van der Waals surface area contributed by atoms with Gasteiger partial charge < -0.3 is 5.32 Å². The van der Waals surface area contributed by atoms with Gasteiger partial charge in [0.2, 0.25) is 0 Å². The van der Waals surface area contributed by atoms with Crippen molar-refractivity contribution in [1.29, 1.82) is 0 Å². The Bertz CT molecular complexity index is 421. The predicted molar refractivity (Wildman–Crippen MR) is 80.6 cm³/mol. The molecule has 3 heteroatoms. The van der Waals surface area contributed by atoms with Gasteiger partial charge in [-0.2, -0.15) is 11.8 Å².